The molecule has 1 aromatic rings. The molecule has 144 valence electrons. The van der Waals surface area contributed by atoms with Crippen LogP contribution in [0.4, 0.5) is 10.7 Å². The van der Waals surface area contributed by atoms with Crippen molar-refractivity contribution in [2.45, 2.75) is 39.4 Å². The number of carbonyl (C=O) groups is 2. The van der Waals surface area contributed by atoms with Gasteiger partial charge in [0, 0.05) is 32.0 Å². The highest BCUT2D eigenvalue weighted by Gasteiger charge is 2.24. The summed E-state index contributed by atoms with van der Waals surface area (Å²) in [6.07, 6.45) is 2.21. The molecule has 2 heterocycles. The Labute approximate surface area is 153 Å². The Morgan fingerprint density at radius 1 is 1.35 bits per heavy atom. The molecule has 9 nitrogen and oxygen atoms in total. The van der Waals surface area contributed by atoms with Gasteiger partial charge in [-0.2, -0.15) is 0 Å². The molecule has 0 bridgehead atoms. The Bertz CT molecular complexity index is 615. The number of hydrogen-bond acceptors (Lipinski definition) is 8. The first-order valence-electron chi connectivity index (χ1n) is 8.61. The molecule has 0 radical (unpaired) electrons. The third-order valence-electron chi connectivity index (χ3n) is 3.44. The first-order chi connectivity index (χ1) is 12.3. The second-order valence-electron chi connectivity index (χ2n) is 6.81. The van der Waals surface area contributed by atoms with Gasteiger partial charge in [-0.05, 0) is 27.7 Å². The van der Waals surface area contributed by atoms with Gasteiger partial charge in [-0.15, -0.1) is 0 Å². The number of carbonyl (C=O) groups excluding carboxylic acids is 2. The second-order valence-corrected chi connectivity index (χ2v) is 6.81. The first-order valence-corrected chi connectivity index (χ1v) is 8.61. The summed E-state index contributed by atoms with van der Waals surface area (Å²) < 4.78 is 15.8. The third-order valence-corrected chi connectivity index (χ3v) is 3.44. The fourth-order valence-electron chi connectivity index (χ4n) is 2.34. The van der Waals surface area contributed by atoms with Crippen LogP contribution in [-0.4, -0.2) is 66.6 Å². The molecular formula is C17H26N4O5. The molecule has 0 spiro atoms. The number of hydrogen-bond donors (Lipinski definition) is 1. The van der Waals surface area contributed by atoms with Crippen LogP contribution in [0.5, 0.6) is 0 Å². The SMILES string of the molecule is CCOC(=O)c1cnc(N2CCOC(CNC(=O)OC(C)(C)C)C2)nc1. The maximum atomic E-state index is 11.7. The molecule has 9 heteroatoms. The van der Waals surface area contributed by atoms with Crippen LogP contribution in [0, 0.1) is 0 Å². The predicted octanol–water partition coefficient (Wildman–Crippen LogP) is 1.38. The van der Waals surface area contributed by atoms with Crippen LogP contribution in [0.1, 0.15) is 38.1 Å². The summed E-state index contributed by atoms with van der Waals surface area (Å²) in [5.41, 5.74) is -0.232. The highest BCUT2D eigenvalue weighted by Crippen LogP contribution is 2.13. The van der Waals surface area contributed by atoms with Crippen molar-refractivity contribution in [3.05, 3.63) is 18.0 Å². The quantitative estimate of drug-likeness (QED) is 0.780. The lowest BCUT2D eigenvalue weighted by atomic mass is 10.2. The maximum absolute atomic E-state index is 11.7. The van der Waals surface area contributed by atoms with Gasteiger partial charge in [0.1, 0.15) is 5.60 Å². The number of aromatic nitrogens is 2. The number of anilines is 1. The van der Waals surface area contributed by atoms with Crippen molar-refractivity contribution in [2.24, 2.45) is 0 Å². The van der Waals surface area contributed by atoms with Crippen LogP contribution in [-0.2, 0) is 14.2 Å². The standard InChI is InChI=1S/C17H26N4O5/c1-5-24-14(22)12-8-18-15(19-9-12)21-6-7-25-13(11-21)10-20-16(23)26-17(2,3)4/h8-9,13H,5-7,10-11H2,1-4H3,(H,20,23). The van der Waals surface area contributed by atoms with E-state index in [0.29, 0.717) is 44.4 Å². The van der Waals surface area contributed by atoms with E-state index in [4.69, 9.17) is 14.2 Å². The Morgan fingerprint density at radius 3 is 2.65 bits per heavy atom. The monoisotopic (exact) mass is 366 g/mol. The molecule has 1 saturated heterocycles. The predicted molar refractivity (Wildman–Crippen MR) is 94.2 cm³/mol. The van der Waals surface area contributed by atoms with Gasteiger partial charge in [0.25, 0.3) is 0 Å². The Hall–Kier alpha value is -2.42. The van der Waals surface area contributed by atoms with Crippen LogP contribution >= 0.6 is 0 Å². The van der Waals surface area contributed by atoms with Gasteiger partial charge in [0.2, 0.25) is 5.95 Å². The Balaban J connectivity index is 1.87. The molecule has 2 rings (SSSR count). The van der Waals surface area contributed by atoms with Gasteiger partial charge < -0.3 is 24.4 Å². The largest absolute Gasteiger partial charge is 0.462 e. The van der Waals surface area contributed by atoms with Crippen molar-refractivity contribution in [3.8, 4) is 0 Å². The van der Waals surface area contributed by atoms with Crippen molar-refractivity contribution < 1.29 is 23.8 Å². The van der Waals surface area contributed by atoms with Crippen molar-refractivity contribution in [1.82, 2.24) is 15.3 Å². The van der Waals surface area contributed by atoms with Crippen LogP contribution in [0.2, 0.25) is 0 Å². The summed E-state index contributed by atoms with van der Waals surface area (Å²) >= 11 is 0. The summed E-state index contributed by atoms with van der Waals surface area (Å²) in [4.78, 5) is 33.8. The second kappa shape index (κ2) is 8.79. The normalized spacial score (nSPS) is 17.5. The van der Waals surface area contributed by atoms with Gasteiger partial charge in [-0.3, -0.25) is 0 Å². The molecule has 0 aliphatic carbocycles. The van der Waals surface area contributed by atoms with Crippen LogP contribution in [0.15, 0.2) is 12.4 Å². The molecule has 0 saturated carbocycles. The molecule has 1 aromatic heterocycles. The molecule has 1 unspecified atom stereocenters. The summed E-state index contributed by atoms with van der Waals surface area (Å²) in [5.74, 6) is 0.0593. The highest BCUT2D eigenvalue weighted by molar-refractivity contribution is 5.88. The van der Waals surface area contributed by atoms with Crippen molar-refractivity contribution in [1.29, 1.82) is 0 Å². The van der Waals surface area contributed by atoms with E-state index in [0.717, 1.165) is 0 Å². The molecule has 1 atom stereocenters. The fourth-order valence-corrected chi connectivity index (χ4v) is 2.34. The van der Waals surface area contributed by atoms with Gasteiger partial charge in [0.05, 0.1) is 24.9 Å². The number of amides is 1. The Morgan fingerprint density at radius 2 is 2.04 bits per heavy atom. The van der Waals surface area contributed by atoms with Gasteiger partial charge in [-0.25, -0.2) is 19.6 Å². The van der Waals surface area contributed by atoms with E-state index in [1.54, 1.807) is 6.92 Å². The van der Waals surface area contributed by atoms with E-state index in [9.17, 15) is 9.59 Å². The Kier molecular flexibility index (Phi) is 6.73. The van der Waals surface area contributed by atoms with E-state index >= 15 is 0 Å². The van der Waals surface area contributed by atoms with Crippen LogP contribution in [0.3, 0.4) is 0 Å². The molecule has 1 N–H and O–H groups in total. The summed E-state index contributed by atoms with van der Waals surface area (Å²) in [7, 11) is 0. The molecule has 1 fully saturated rings. The lowest BCUT2D eigenvalue weighted by molar-refractivity contribution is 0.0279. The number of ether oxygens (including phenoxy) is 3. The third kappa shape index (κ3) is 6.14. The summed E-state index contributed by atoms with van der Waals surface area (Å²) in [6, 6.07) is 0. The van der Waals surface area contributed by atoms with E-state index < -0.39 is 17.7 Å². The molecule has 1 aliphatic heterocycles. The minimum absolute atomic E-state index is 0.204. The van der Waals surface area contributed by atoms with Crippen molar-refractivity contribution in [2.75, 3.05) is 37.7 Å². The van der Waals surface area contributed by atoms with Crippen LogP contribution in [0.25, 0.3) is 0 Å². The number of morpholine rings is 1. The van der Waals surface area contributed by atoms with E-state index in [1.165, 1.54) is 12.4 Å². The molecular weight excluding hydrogens is 340 g/mol. The molecule has 26 heavy (non-hydrogen) atoms. The lowest BCUT2D eigenvalue weighted by Gasteiger charge is -2.33. The average Bonchev–Trinajstić information content (AvgIpc) is 2.59. The summed E-state index contributed by atoms with van der Waals surface area (Å²) in [6.45, 7) is 9.43. The highest BCUT2D eigenvalue weighted by atomic mass is 16.6. The zero-order valence-electron chi connectivity index (χ0n) is 15.7. The molecule has 1 aliphatic rings. The molecule has 0 aromatic carbocycles. The average molecular weight is 366 g/mol. The van der Waals surface area contributed by atoms with Gasteiger partial charge in [0.15, 0.2) is 0 Å². The first kappa shape index (κ1) is 19.9. The number of alkyl carbamates (subject to hydrolysis) is 1. The van der Waals surface area contributed by atoms with Gasteiger partial charge in [-0.1, -0.05) is 0 Å². The lowest BCUT2D eigenvalue weighted by Crippen LogP contribution is -2.48. The minimum Gasteiger partial charge on any atom is -0.462 e. The number of nitrogens with zero attached hydrogens (tertiary/aromatic N) is 3. The zero-order valence-corrected chi connectivity index (χ0v) is 15.7. The van der Waals surface area contributed by atoms with Crippen molar-refractivity contribution in [3.63, 3.8) is 0 Å². The van der Waals surface area contributed by atoms with E-state index in [1.807, 2.05) is 25.7 Å². The number of nitrogens with one attached hydrogen (secondary N) is 1. The minimum atomic E-state index is -0.544. The van der Waals surface area contributed by atoms with Crippen LogP contribution < -0.4 is 10.2 Å². The van der Waals surface area contributed by atoms with E-state index in [2.05, 4.69) is 15.3 Å². The topological polar surface area (TPSA) is 103 Å². The zero-order chi connectivity index (χ0) is 19.2. The smallest absolute Gasteiger partial charge is 0.407 e. The number of esters is 1. The number of rotatable bonds is 5. The van der Waals surface area contributed by atoms with Crippen molar-refractivity contribution >= 4 is 18.0 Å². The van der Waals surface area contributed by atoms with Gasteiger partial charge >= 0.3 is 12.1 Å². The van der Waals surface area contributed by atoms with E-state index in [-0.39, 0.29) is 6.10 Å². The summed E-state index contributed by atoms with van der Waals surface area (Å²) in [5, 5.41) is 2.70. The maximum Gasteiger partial charge on any atom is 0.407 e. The fraction of sp³-hybridized carbons (Fsp3) is 0.647. The molecule has 1 amide bonds.